The zero-order valence-electron chi connectivity index (χ0n) is 8.32. The first-order valence-corrected chi connectivity index (χ1v) is 5.46. The molecule has 0 N–H and O–H groups in total. The van der Waals surface area contributed by atoms with E-state index in [1.807, 2.05) is 12.1 Å². The summed E-state index contributed by atoms with van der Waals surface area (Å²) in [5.41, 5.74) is 0.141. The van der Waals surface area contributed by atoms with Gasteiger partial charge in [-0.05, 0) is 34.7 Å². The van der Waals surface area contributed by atoms with E-state index >= 15 is 0 Å². The van der Waals surface area contributed by atoms with E-state index in [0.717, 1.165) is 8.14 Å². The Morgan fingerprint density at radius 1 is 1.13 bits per heavy atom. The van der Waals surface area contributed by atoms with E-state index in [9.17, 15) is 9.59 Å². The molecule has 4 nitrogen and oxygen atoms in total. The molecule has 1 aromatic heterocycles. The third-order valence-corrected chi connectivity index (χ3v) is 3.34. The van der Waals surface area contributed by atoms with Crippen molar-refractivity contribution in [1.82, 2.24) is 9.13 Å². The fourth-order valence-corrected chi connectivity index (χ4v) is 2.30. The third-order valence-electron chi connectivity index (χ3n) is 2.45. The van der Waals surface area contributed by atoms with Gasteiger partial charge in [-0.25, -0.2) is 4.79 Å². The van der Waals surface area contributed by atoms with E-state index in [4.69, 9.17) is 0 Å². The van der Waals surface area contributed by atoms with Gasteiger partial charge in [-0.15, -0.1) is 0 Å². The predicted molar refractivity (Wildman–Crippen MR) is 67.1 cm³/mol. The van der Waals surface area contributed by atoms with Crippen LogP contribution in [0.2, 0.25) is 0 Å². The molecule has 0 saturated heterocycles. The van der Waals surface area contributed by atoms with Crippen molar-refractivity contribution in [3.63, 3.8) is 0 Å². The summed E-state index contributed by atoms with van der Waals surface area (Å²) in [6, 6.07) is 5.47. The Labute approximate surface area is 99.3 Å². The van der Waals surface area contributed by atoms with E-state index in [1.165, 1.54) is 11.6 Å². The number of benzene rings is 1. The first kappa shape index (κ1) is 10.4. The monoisotopic (exact) mass is 316 g/mol. The number of halogens is 1. The molecular formula is C10H9IN2O2. The molecule has 0 amide bonds. The van der Waals surface area contributed by atoms with Crippen molar-refractivity contribution in [3.05, 3.63) is 42.6 Å². The maximum atomic E-state index is 11.9. The number of aryl methyl sites for hydroxylation is 1. The molecule has 15 heavy (non-hydrogen) atoms. The molecule has 0 spiro atoms. The zero-order valence-corrected chi connectivity index (χ0v) is 10.5. The largest absolute Gasteiger partial charge is 0.330 e. The van der Waals surface area contributed by atoms with Crippen molar-refractivity contribution in [2.45, 2.75) is 0 Å². The summed E-state index contributed by atoms with van der Waals surface area (Å²) in [7, 11) is 3.16. The number of hydrogen-bond acceptors (Lipinski definition) is 2. The van der Waals surface area contributed by atoms with E-state index in [0.29, 0.717) is 10.9 Å². The topological polar surface area (TPSA) is 44.0 Å². The highest BCUT2D eigenvalue weighted by Gasteiger charge is 2.09. The molecule has 2 rings (SSSR count). The summed E-state index contributed by atoms with van der Waals surface area (Å²) in [6.45, 7) is 0. The van der Waals surface area contributed by atoms with Crippen LogP contribution in [0.3, 0.4) is 0 Å². The molecule has 1 aromatic carbocycles. The Balaban J connectivity index is 3.23. The van der Waals surface area contributed by atoms with Gasteiger partial charge in [-0.1, -0.05) is 6.07 Å². The van der Waals surface area contributed by atoms with Crippen LogP contribution in [0.25, 0.3) is 10.9 Å². The lowest BCUT2D eigenvalue weighted by atomic mass is 10.2. The van der Waals surface area contributed by atoms with Crippen LogP contribution in [0, 0.1) is 3.57 Å². The average Bonchev–Trinajstić information content (AvgIpc) is 2.23. The van der Waals surface area contributed by atoms with Crippen molar-refractivity contribution < 1.29 is 0 Å². The number of hydrogen-bond donors (Lipinski definition) is 0. The minimum Gasteiger partial charge on any atom is -0.296 e. The lowest BCUT2D eigenvalue weighted by Gasteiger charge is -2.07. The highest BCUT2D eigenvalue weighted by molar-refractivity contribution is 14.1. The van der Waals surface area contributed by atoms with Gasteiger partial charge in [0.2, 0.25) is 0 Å². The average molecular weight is 316 g/mol. The Kier molecular flexibility index (Phi) is 2.41. The van der Waals surface area contributed by atoms with Crippen molar-refractivity contribution in [3.8, 4) is 0 Å². The van der Waals surface area contributed by atoms with Gasteiger partial charge < -0.3 is 0 Å². The molecule has 0 unspecified atom stereocenters. The van der Waals surface area contributed by atoms with Crippen LogP contribution >= 0.6 is 22.6 Å². The summed E-state index contributed by atoms with van der Waals surface area (Å²) in [5.74, 6) is 0. The highest BCUT2D eigenvalue weighted by Crippen LogP contribution is 2.14. The number of nitrogens with zero attached hydrogens (tertiary/aromatic N) is 2. The second-order valence-electron chi connectivity index (χ2n) is 3.34. The molecular weight excluding hydrogens is 307 g/mol. The number of rotatable bonds is 0. The van der Waals surface area contributed by atoms with Gasteiger partial charge in [-0.2, -0.15) is 0 Å². The fraction of sp³-hybridized carbons (Fsp3) is 0.200. The highest BCUT2D eigenvalue weighted by atomic mass is 127. The first-order valence-electron chi connectivity index (χ1n) is 4.38. The zero-order chi connectivity index (χ0) is 11.2. The van der Waals surface area contributed by atoms with Gasteiger partial charge in [0.15, 0.2) is 0 Å². The molecule has 0 atom stereocenters. The first-order chi connectivity index (χ1) is 7.04. The van der Waals surface area contributed by atoms with Crippen LogP contribution < -0.4 is 11.2 Å². The Bertz CT molecular complexity index is 655. The summed E-state index contributed by atoms with van der Waals surface area (Å²) in [6.07, 6.45) is 0. The molecule has 2 aromatic rings. The molecule has 0 aliphatic rings. The molecule has 0 bridgehead atoms. The molecule has 5 heteroatoms. The lowest BCUT2D eigenvalue weighted by Crippen LogP contribution is -2.37. The minimum atomic E-state index is -0.297. The van der Waals surface area contributed by atoms with E-state index < -0.39 is 0 Å². The van der Waals surface area contributed by atoms with Crippen LogP contribution in [0.5, 0.6) is 0 Å². The predicted octanol–water partition coefficient (Wildman–Crippen LogP) is 0.842. The smallest absolute Gasteiger partial charge is 0.296 e. The lowest BCUT2D eigenvalue weighted by molar-refractivity contribution is 0.713. The molecule has 0 fully saturated rings. The maximum absolute atomic E-state index is 11.9. The quantitative estimate of drug-likeness (QED) is 0.676. The van der Waals surface area contributed by atoms with Crippen molar-refractivity contribution in [1.29, 1.82) is 0 Å². The summed E-state index contributed by atoms with van der Waals surface area (Å²) in [5, 5.41) is 0.600. The van der Waals surface area contributed by atoms with Crippen molar-refractivity contribution >= 4 is 33.5 Å². The van der Waals surface area contributed by atoms with Gasteiger partial charge in [0.1, 0.15) is 0 Å². The standard InChI is InChI=1S/C10H9IN2O2/c1-12-7-5-3-4-6(11)8(7)9(14)13(2)10(12)15/h3-5H,1-2H3. The molecule has 0 aliphatic heterocycles. The van der Waals surface area contributed by atoms with E-state index in [2.05, 4.69) is 22.6 Å². The summed E-state index contributed by atoms with van der Waals surface area (Å²) < 4.78 is 3.48. The molecule has 0 aliphatic carbocycles. The van der Waals surface area contributed by atoms with Gasteiger partial charge in [0.25, 0.3) is 5.56 Å². The Hall–Kier alpha value is -1.11. The molecule has 1 heterocycles. The van der Waals surface area contributed by atoms with E-state index in [1.54, 1.807) is 13.1 Å². The second kappa shape index (κ2) is 3.48. The maximum Gasteiger partial charge on any atom is 0.330 e. The van der Waals surface area contributed by atoms with Gasteiger partial charge in [0, 0.05) is 17.7 Å². The van der Waals surface area contributed by atoms with Crippen LogP contribution in [-0.4, -0.2) is 9.13 Å². The Morgan fingerprint density at radius 3 is 2.47 bits per heavy atom. The number of aromatic nitrogens is 2. The van der Waals surface area contributed by atoms with Gasteiger partial charge in [-0.3, -0.25) is 13.9 Å². The molecule has 0 saturated carbocycles. The SMILES string of the molecule is Cn1c(=O)c2c(I)cccc2n(C)c1=O. The van der Waals surface area contributed by atoms with Crippen molar-refractivity contribution in [2.24, 2.45) is 14.1 Å². The van der Waals surface area contributed by atoms with Crippen LogP contribution in [0.15, 0.2) is 27.8 Å². The van der Waals surface area contributed by atoms with Crippen LogP contribution in [-0.2, 0) is 14.1 Å². The summed E-state index contributed by atoms with van der Waals surface area (Å²) in [4.78, 5) is 23.5. The minimum absolute atomic E-state index is 0.238. The van der Waals surface area contributed by atoms with Crippen molar-refractivity contribution in [2.75, 3.05) is 0 Å². The van der Waals surface area contributed by atoms with Crippen LogP contribution in [0.4, 0.5) is 0 Å². The summed E-state index contributed by atoms with van der Waals surface area (Å²) >= 11 is 2.10. The number of fused-ring (bicyclic) bond motifs is 1. The normalized spacial score (nSPS) is 10.9. The Morgan fingerprint density at radius 2 is 1.80 bits per heavy atom. The van der Waals surface area contributed by atoms with E-state index in [-0.39, 0.29) is 11.2 Å². The molecule has 0 radical (unpaired) electrons. The fourth-order valence-electron chi connectivity index (χ4n) is 1.59. The molecule has 78 valence electrons. The second-order valence-corrected chi connectivity index (χ2v) is 4.50. The third kappa shape index (κ3) is 1.41. The van der Waals surface area contributed by atoms with Gasteiger partial charge in [0.05, 0.1) is 10.9 Å². The van der Waals surface area contributed by atoms with Gasteiger partial charge >= 0.3 is 5.69 Å². The van der Waals surface area contributed by atoms with Crippen LogP contribution in [0.1, 0.15) is 0 Å².